The quantitative estimate of drug-likeness (QED) is 0.395. The molecule has 0 heterocycles. The van der Waals surface area contributed by atoms with Crippen molar-refractivity contribution in [2.45, 2.75) is 46.1 Å². The molecule has 1 aromatic rings. The van der Waals surface area contributed by atoms with Crippen molar-refractivity contribution in [1.82, 2.24) is 10.3 Å². The fourth-order valence-corrected chi connectivity index (χ4v) is 2.30. The minimum absolute atomic E-state index is 0.182. The normalized spacial score (nSPS) is 11.2. The van der Waals surface area contributed by atoms with Crippen LogP contribution in [0.5, 0.6) is 0 Å². The standard InChI is InChI=1S/C17H28N4S/c1-3-5-11-21(12-6-4-2)14-16-10-8-7-9-15(16)13-19-20-17(18)22/h7-10,13H,3-6,11-12,14H2,1-2H3,(H3,18,20,22). The van der Waals surface area contributed by atoms with Crippen molar-refractivity contribution in [2.75, 3.05) is 13.1 Å². The zero-order chi connectivity index (χ0) is 16.2. The Morgan fingerprint density at radius 2 is 1.86 bits per heavy atom. The number of nitrogens with one attached hydrogen (secondary N) is 1. The van der Waals surface area contributed by atoms with Crippen LogP contribution in [0.3, 0.4) is 0 Å². The Hall–Kier alpha value is -1.46. The summed E-state index contributed by atoms with van der Waals surface area (Å²) in [7, 11) is 0. The number of nitrogens with zero attached hydrogens (tertiary/aromatic N) is 2. The number of unbranched alkanes of at least 4 members (excludes halogenated alkanes) is 2. The van der Waals surface area contributed by atoms with Gasteiger partial charge in [0.2, 0.25) is 0 Å². The average molecular weight is 321 g/mol. The number of hydrogen-bond donors (Lipinski definition) is 2. The molecule has 1 rings (SSSR count). The molecule has 1 aromatic carbocycles. The number of nitrogens with two attached hydrogens (primary N) is 1. The Morgan fingerprint density at radius 1 is 1.23 bits per heavy atom. The maximum absolute atomic E-state index is 5.38. The van der Waals surface area contributed by atoms with Gasteiger partial charge in [-0.3, -0.25) is 10.3 Å². The van der Waals surface area contributed by atoms with Gasteiger partial charge in [-0.2, -0.15) is 5.10 Å². The predicted molar refractivity (Wildman–Crippen MR) is 99.1 cm³/mol. The molecule has 22 heavy (non-hydrogen) atoms. The topological polar surface area (TPSA) is 53.6 Å². The van der Waals surface area contributed by atoms with Gasteiger partial charge in [-0.25, -0.2) is 0 Å². The number of hydrazone groups is 1. The Bertz CT molecular complexity index is 465. The number of benzene rings is 1. The van der Waals surface area contributed by atoms with Crippen molar-refractivity contribution in [1.29, 1.82) is 0 Å². The molecule has 0 bridgehead atoms. The molecule has 0 atom stereocenters. The number of rotatable bonds is 10. The van der Waals surface area contributed by atoms with Crippen molar-refractivity contribution >= 4 is 23.5 Å². The molecule has 0 aliphatic rings. The van der Waals surface area contributed by atoms with Crippen LogP contribution >= 0.6 is 12.2 Å². The van der Waals surface area contributed by atoms with E-state index in [4.69, 9.17) is 18.0 Å². The smallest absolute Gasteiger partial charge is 0.184 e. The van der Waals surface area contributed by atoms with E-state index in [2.05, 4.69) is 47.5 Å². The third-order valence-corrected chi connectivity index (χ3v) is 3.57. The van der Waals surface area contributed by atoms with Crippen LogP contribution in [0.15, 0.2) is 29.4 Å². The second kappa shape index (κ2) is 11.2. The number of hydrogen-bond acceptors (Lipinski definition) is 3. The van der Waals surface area contributed by atoms with E-state index in [1.807, 2.05) is 6.07 Å². The van der Waals surface area contributed by atoms with Crippen molar-refractivity contribution in [3.05, 3.63) is 35.4 Å². The van der Waals surface area contributed by atoms with E-state index < -0.39 is 0 Å². The van der Waals surface area contributed by atoms with E-state index in [0.29, 0.717) is 0 Å². The molecule has 3 N–H and O–H groups in total. The van der Waals surface area contributed by atoms with Gasteiger partial charge in [0.15, 0.2) is 5.11 Å². The highest BCUT2D eigenvalue weighted by atomic mass is 32.1. The average Bonchev–Trinajstić information content (AvgIpc) is 2.51. The lowest BCUT2D eigenvalue weighted by atomic mass is 10.1. The molecular formula is C17H28N4S. The summed E-state index contributed by atoms with van der Waals surface area (Å²) < 4.78 is 0. The maximum Gasteiger partial charge on any atom is 0.184 e. The summed E-state index contributed by atoms with van der Waals surface area (Å²) in [5, 5.41) is 4.26. The third kappa shape index (κ3) is 7.52. The first-order valence-electron chi connectivity index (χ1n) is 8.06. The zero-order valence-corrected chi connectivity index (χ0v) is 14.5. The lowest BCUT2D eigenvalue weighted by Gasteiger charge is -2.22. The lowest BCUT2D eigenvalue weighted by molar-refractivity contribution is 0.257. The summed E-state index contributed by atoms with van der Waals surface area (Å²) in [4.78, 5) is 2.53. The molecule has 0 unspecified atom stereocenters. The largest absolute Gasteiger partial charge is 0.375 e. The van der Waals surface area contributed by atoms with Gasteiger partial charge >= 0.3 is 0 Å². The summed E-state index contributed by atoms with van der Waals surface area (Å²) >= 11 is 4.75. The first kappa shape index (κ1) is 18.6. The fourth-order valence-electron chi connectivity index (χ4n) is 2.24. The molecule has 4 nitrogen and oxygen atoms in total. The van der Waals surface area contributed by atoms with Crippen LogP contribution in [0.1, 0.15) is 50.7 Å². The molecule has 0 aliphatic heterocycles. The van der Waals surface area contributed by atoms with Crippen LogP contribution in [-0.4, -0.2) is 29.3 Å². The summed E-state index contributed by atoms with van der Waals surface area (Å²) in [5.41, 5.74) is 10.4. The van der Waals surface area contributed by atoms with E-state index in [-0.39, 0.29) is 5.11 Å². The van der Waals surface area contributed by atoms with Crippen LogP contribution in [0, 0.1) is 0 Å². The van der Waals surface area contributed by atoms with Gasteiger partial charge in [0, 0.05) is 6.54 Å². The highest BCUT2D eigenvalue weighted by Gasteiger charge is 2.07. The molecule has 5 heteroatoms. The Kier molecular flexibility index (Phi) is 9.42. The minimum atomic E-state index is 0.182. The summed E-state index contributed by atoms with van der Waals surface area (Å²) in [6, 6.07) is 8.32. The molecule has 0 aromatic heterocycles. The molecule has 0 fully saturated rings. The number of thiocarbonyl (C=S) groups is 1. The molecule has 0 amide bonds. The molecule has 0 saturated carbocycles. The van der Waals surface area contributed by atoms with Crippen LogP contribution in [-0.2, 0) is 6.54 Å². The molecule has 0 radical (unpaired) electrons. The molecule has 0 saturated heterocycles. The van der Waals surface area contributed by atoms with Gasteiger partial charge < -0.3 is 5.73 Å². The van der Waals surface area contributed by atoms with E-state index in [0.717, 1.165) is 25.2 Å². The van der Waals surface area contributed by atoms with Gasteiger partial charge in [0.25, 0.3) is 0 Å². The van der Waals surface area contributed by atoms with Crippen molar-refractivity contribution < 1.29 is 0 Å². The highest BCUT2D eigenvalue weighted by Crippen LogP contribution is 2.12. The van der Waals surface area contributed by atoms with Crippen LogP contribution in [0.2, 0.25) is 0 Å². The van der Waals surface area contributed by atoms with E-state index in [9.17, 15) is 0 Å². The Labute approximate surface area is 139 Å². The summed E-state index contributed by atoms with van der Waals surface area (Å²) in [6.45, 7) is 7.72. The van der Waals surface area contributed by atoms with E-state index >= 15 is 0 Å². The lowest BCUT2D eigenvalue weighted by Crippen LogP contribution is -2.26. The van der Waals surface area contributed by atoms with Crippen molar-refractivity contribution in [2.24, 2.45) is 10.8 Å². The molecule has 122 valence electrons. The van der Waals surface area contributed by atoms with E-state index in [1.54, 1.807) is 6.21 Å². The zero-order valence-electron chi connectivity index (χ0n) is 13.7. The van der Waals surface area contributed by atoms with Crippen molar-refractivity contribution in [3.63, 3.8) is 0 Å². The van der Waals surface area contributed by atoms with Gasteiger partial charge in [-0.05, 0) is 49.3 Å². The summed E-state index contributed by atoms with van der Waals surface area (Å²) in [5.74, 6) is 0. The van der Waals surface area contributed by atoms with Gasteiger partial charge in [-0.15, -0.1) is 0 Å². The monoisotopic (exact) mass is 320 g/mol. The minimum Gasteiger partial charge on any atom is -0.375 e. The van der Waals surface area contributed by atoms with Crippen LogP contribution in [0.25, 0.3) is 0 Å². The van der Waals surface area contributed by atoms with Gasteiger partial charge in [-0.1, -0.05) is 51.0 Å². The van der Waals surface area contributed by atoms with Crippen molar-refractivity contribution in [3.8, 4) is 0 Å². The van der Waals surface area contributed by atoms with Crippen LogP contribution < -0.4 is 11.2 Å². The van der Waals surface area contributed by atoms with Gasteiger partial charge in [0.1, 0.15) is 0 Å². The van der Waals surface area contributed by atoms with E-state index in [1.165, 1.54) is 31.2 Å². The molecule has 0 spiro atoms. The van der Waals surface area contributed by atoms with Gasteiger partial charge in [0.05, 0.1) is 6.21 Å². The Morgan fingerprint density at radius 3 is 2.45 bits per heavy atom. The first-order valence-corrected chi connectivity index (χ1v) is 8.47. The van der Waals surface area contributed by atoms with Crippen LogP contribution in [0.4, 0.5) is 0 Å². The second-order valence-corrected chi connectivity index (χ2v) is 5.86. The predicted octanol–water partition coefficient (Wildman–Crippen LogP) is 3.26. The Balaban J connectivity index is 2.75. The highest BCUT2D eigenvalue weighted by molar-refractivity contribution is 7.80. The SMILES string of the molecule is CCCCN(CCCC)Cc1ccccc1C=NNC(N)=S. The maximum atomic E-state index is 5.38. The third-order valence-electron chi connectivity index (χ3n) is 3.48. The fraction of sp³-hybridized carbons (Fsp3) is 0.529. The summed E-state index contributed by atoms with van der Waals surface area (Å²) in [6.07, 6.45) is 6.71. The molecule has 0 aliphatic carbocycles. The second-order valence-electron chi connectivity index (χ2n) is 5.42. The first-order chi connectivity index (χ1) is 10.7. The molecular weight excluding hydrogens is 292 g/mol.